The zero-order valence-corrected chi connectivity index (χ0v) is 11.5. The van der Waals surface area contributed by atoms with Gasteiger partial charge < -0.3 is 11.1 Å². The number of nitrogens with one attached hydrogen (secondary N) is 1. The van der Waals surface area contributed by atoms with E-state index in [1.165, 1.54) is 12.1 Å². The van der Waals surface area contributed by atoms with Gasteiger partial charge in [-0.25, -0.2) is 0 Å². The Bertz CT molecular complexity index is 560. The third-order valence-electron chi connectivity index (χ3n) is 3.15. The predicted molar refractivity (Wildman–Crippen MR) is 77.6 cm³/mol. The molecule has 0 aromatic heterocycles. The van der Waals surface area contributed by atoms with Crippen LogP contribution in [0.2, 0.25) is 0 Å². The average molecular weight is 294 g/mol. The second kappa shape index (κ2) is 6.74. The SMILES string of the molecule is NCCNCc1ccc(-c2ccc(C(F)(F)F)cc2)cc1. The van der Waals surface area contributed by atoms with Crippen LogP contribution in [0.15, 0.2) is 48.5 Å². The molecule has 0 fully saturated rings. The van der Waals surface area contributed by atoms with Crippen molar-refractivity contribution >= 4 is 0 Å². The molecule has 0 saturated heterocycles. The summed E-state index contributed by atoms with van der Waals surface area (Å²) in [6.07, 6.45) is -4.29. The van der Waals surface area contributed by atoms with E-state index in [-0.39, 0.29) is 0 Å². The highest BCUT2D eigenvalue weighted by molar-refractivity contribution is 5.64. The van der Waals surface area contributed by atoms with Crippen LogP contribution in [0.1, 0.15) is 11.1 Å². The fourth-order valence-corrected chi connectivity index (χ4v) is 2.00. The molecule has 0 aliphatic rings. The first-order chi connectivity index (χ1) is 10.0. The Labute approximate surface area is 121 Å². The summed E-state index contributed by atoms with van der Waals surface area (Å²) in [6.45, 7) is 2.06. The van der Waals surface area contributed by atoms with Gasteiger partial charge in [0, 0.05) is 19.6 Å². The molecule has 0 atom stereocenters. The quantitative estimate of drug-likeness (QED) is 0.829. The standard InChI is InChI=1S/C16H17F3N2/c17-16(18,19)15-7-5-14(6-8-15)13-3-1-12(2-4-13)11-21-10-9-20/h1-8,21H,9-11,20H2. The number of rotatable bonds is 5. The summed E-state index contributed by atoms with van der Waals surface area (Å²) in [5.74, 6) is 0. The third kappa shape index (κ3) is 4.31. The number of halogens is 3. The summed E-state index contributed by atoms with van der Waals surface area (Å²) >= 11 is 0. The van der Waals surface area contributed by atoms with Crippen molar-refractivity contribution in [2.24, 2.45) is 5.73 Å². The summed E-state index contributed by atoms with van der Waals surface area (Å²) in [4.78, 5) is 0. The second-order valence-electron chi connectivity index (χ2n) is 4.74. The van der Waals surface area contributed by atoms with Gasteiger partial charge in [-0.05, 0) is 28.8 Å². The van der Waals surface area contributed by atoms with Gasteiger partial charge in [-0.2, -0.15) is 13.2 Å². The van der Waals surface area contributed by atoms with Crippen molar-refractivity contribution < 1.29 is 13.2 Å². The van der Waals surface area contributed by atoms with E-state index < -0.39 is 11.7 Å². The van der Waals surface area contributed by atoms with Gasteiger partial charge in [0.15, 0.2) is 0 Å². The molecular weight excluding hydrogens is 277 g/mol. The molecule has 2 aromatic carbocycles. The Hall–Kier alpha value is -1.85. The summed E-state index contributed by atoms with van der Waals surface area (Å²) < 4.78 is 37.5. The van der Waals surface area contributed by atoms with Crippen LogP contribution >= 0.6 is 0 Å². The van der Waals surface area contributed by atoms with E-state index >= 15 is 0 Å². The normalized spacial score (nSPS) is 11.6. The Balaban J connectivity index is 2.08. The molecule has 2 nitrogen and oxygen atoms in total. The molecule has 0 radical (unpaired) electrons. The number of alkyl halides is 3. The highest BCUT2D eigenvalue weighted by atomic mass is 19.4. The predicted octanol–water partition coefficient (Wildman–Crippen LogP) is 3.42. The molecule has 0 unspecified atom stereocenters. The minimum atomic E-state index is -4.29. The lowest BCUT2D eigenvalue weighted by Gasteiger charge is -2.08. The van der Waals surface area contributed by atoms with E-state index in [9.17, 15) is 13.2 Å². The molecule has 0 spiro atoms. The third-order valence-corrected chi connectivity index (χ3v) is 3.15. The molecule has 112 valence electrons. The van der Waals surface area contributed by atoms with E-state index in [0.29, 0.717) is 6.54 Å². The smallest absolute Gasteiger partial charge is 0.329 e. The number of benzene rings is 2. The molecule has 0 saturated carbocycles. The second-order valence-corrected chi connectivity index (χ2v) is 4.74. The Morgan fingerprint density at radius 1 is 0.857 bits per heavy atom. The molecule has 0 amide bonds. The van der Waals surface area contributed by atoms with Gasteiger partial charge in [0.1, 0.15) is 0 Å². The number of nitrogens with two attached hydrogens (primary N) is 1. The van der Waals surface area contributed by atoms with E-state index in [1.54, 1.807) is 0 Å². The summed E-state index contributed by atoms with van der Waals surface area (Å²) in [5, 5.41) is 3.18. The minimum absolute atomic E-state index is 0.587. The first kappa shape index (κ1) is 15.5. The first-order valence-corrected chi connectivity index (χ1v) is 6.68. The van der Waals surface area contributed by atoms with Gasteiger partial charge in [0.05, 0.1) is 5.56 Å². The maximum atomic E-state index is 12.5. The van der Waals surface area contributed by atoms with Gasteiger partial charge in [-0.1, -0.05) is 36.4 Å². The molecule has 2 rings (SSSR count). The van der Waals surface area contributed by atoms with Crippen molar-refractivity contribution in [3.63, 3.8) is 0 Å². The molecule has 3 N–H and O–H groups in total. The molecular formula is C16H17F3N2. The van der Waals surface area contributed by atoms with E-state index in [0.717, 1.165) is 41.9 Å². The summed E-state index contributed by atoms with van der Waals surface area (Å²) in [7, 11) is 0. The molecule has 21 heavy (non-hydrogen) atoms. The molecule has 0 aliphatic heterocycles. The fraction of sp³-hybridized carbons (Fsp3) is 0.250. The number of hydrogen-bond donors (Lipinski definition) is 2. The Morgan fingerprint density at radius 2 is 1.38 bits per heavy atom. The Kier molecular flexibility index (Phi) is 4.98. The van der Waals surface area contributed by atoms with Crippen molar-refractivity contribution in [2.45, 2.75) is 12.7 Å². The van der Waals surface area contributed by atoms with Gasteiger partial charge >= 0.3 is 6.18 Å². The maximum Gasteiger partial charge on any atom is 0.416 e. The zero-order valence-electron chi connectivity index (χ0n) is 11.5. The molecule has 2 aromatic rings. The zero-order chi connectivity index (χ0) is 15.3. The van der Waals surface area contributed by atoms with Crippen LogP contribution in [-0.2, 0) is 12.7 Å². The molecule has 5 heteroatoms. The number of hydrogen-bond acceptors (Lipinski definition) is 2. The molecule has 0 aliphatic carbocycles. The monoisotopic (exact) mass is 294 g/mol. The van der Waals surface area contributed by atoms with Crippen LogP contribution in [0.3, 0.4) is 0 Å². The highest BCUT2D eigenvalue weighted by Gasteiger charge is 2.29. The van der Waals surface area contributed by atoms with Crippen LogP contribution in [0.25, 0.3) is 11.1 Å². The van der Waals surface area contributed by atoms with Crippen LogP contribution in [-0.4, -0.2) is 13.1 Å². The first-order valence-electron chi connectivity index (χ1n) is 6.68. The van der Waals surface area contributed by atoms with Crippen molar-refractivity contribution in [3.05, 3.63) is 59.7 Å². The van der Waals surface area contributed by atoms with Gasteiger partial charge in [0.25, 0.3) is 0 Å². The summed E-state index contributed by atoms with van der Waals surface area (Å²) in [6, 6.07) is 12.9. The van der Waals surface area contributed by atoms with Gasteiger partial charge in [-0.15, -0.1) is 0 Å². The van der Waals surface area contributed by atoms with Crippen LogP contribution < -0.4 is 11.1 Å². The lowest BCUT2D eigenvalue weighted by molar-refractivity contribution is -0.137. The fourth-order valence-electron chi connectivity index (χ4n) is 2.00. The largest absolute Gasteiger partial charge is 0.416 e. The topological polar surface area (TPSA) is 38.0 Å². The summed E-state index contributed by atoms with van der Waals surface area (Å²) in [5.41, 5.74) is 7.54. The lowest BCUT2D eigenvalue weighted by Crippen LogP contribution is -2.21. The van der Waals surface area contributed by atoms with E-state index in [1.807, 2.05) is 24.3 Å². The lowest BCUT2D eigenvalue weighted by atomic mass is 10.0. The molecule has 0 heterocycles. The van der Waals surface area contributed by atoms with Crippen molar-refractivity contribution in [1.82, 2.24) is 5.32 Å². The van der Waals surface area contributed by atoms with Gasteiger partial charge in [-0.3, -0.25) is 0 Å². The van der Waals surface area contributed by atoms with Crippen LogP contribution in [0.4, 0.5) is 13.2 Å². The molecule has 0 bridgehead atoms. The van der Waals surface area contributed by atoms with Crippen LogP contribution in [0, 0.1) is 0 Å². The van der Waals surface area contributed by atoms with Crippen LogP contribution in [0.5, 0.6) is 0 Å². The highest BCUT2D eigenvalue weighted by Crippen LogP contribution is 2.30. The van der Waals surface area contributed by atoms with Gasteiger partial charge in [0.2, 0.25) is 0 Å². The van der Waals surface area contributed by atoms with E-state index in [2.05, 4.69) is 5.32 Å². The minimum Gasteiger partial charge on any atom is -0.329 e. The van der Waals surface area contributed by atoms with Crippen molar-refractivity contribution in [2.75, 3.05) is 13.1 Å². The Morgan fingerprint density at radius 3 is 1.86 bits per heavy atom. The van der Waals surface area contributed by atoms with Crippen molar-refractivity contribution in [3.8, 4) is 11.1 Å². The maximum absolute atomic E-state index is 12.5. The van der Waals surface area contributed by atoms with Crippen molar-refractivity contribution in [1.29, 1.82) is 0 Å². The average Bonchev–Trinajstić information content (AvgIpc) is 2.48. The van der Waals surface area contributed by atoms with E-state index in [4.69, 9.17) is 5.73 Å².